The van der Waals surface area contributed by atoms with Gasteiger partial charge in [-0.15, -0.1) is 0 Å². The minimum absolute atomic E-state index is 0.0130. The molecule has 0 saturated carbocycles. The fourth-order valence-corrected chi connectivity index (χ4v) is 3.11. The first-order valence-corrected chi connectivity index (χ1v) is 8.44. The van der Waals surface area contributed by atoms with Crippen molar-refractivity contribution in [1.82, 2.24) is 10.2 Å². The maximum Gasteiger partial charge on any atom is 0.317 e. The van der Waals surface area contributed by atoms with Crippen LogP contribution in [0.25, 0.3) is 0 Å². The van der Waals surface area contributed by atoms with Crippen LogP contribution in [0.1, 0.15) is 23.5 Å². The molecule has 2 aromatic carbocycles. The van der Waals surface area contributed by atoms with E-state index in [1.165, 1.54) is 5.56 Å². The van der Waals surface area contributed by atoms with E-state index in [4.69, 9.17) is 16.3 Å². The molecule has 2 aromatic rings. The number of hydrogen-bond acceptors (Lipinski definition) is 2. The second-order valence-electron chi connectivity index (χ2n) is 5.99. The highest BCUT2D eigenvalue weighted by molar-refractivity contribution is 6.30. The van der Waals surface area contributed by atoms with Gasteiger partial charge >= 0.3 is 6.03 Å². The highest BCUT2D eigenvalue weighted by Crippen LogP contribution is 2.28. The summed E-state index contributed by atoms with van der Waals surface area (Å²) < 4.78 is 5.19. The summed E-state index contributed by atoms with van der Waals surface area (Å²) in [5, 5.41) is 3.68. The number of amides is 2. The van der Waals surface area contributed by atoms with Crippen LogP contribution < -0.4 is 10.1 Å². The van der Waals surface area contributed by atoms with Crippen LogP contribution >= 0.6 is 11.6 Å². The Morgan fingerprint density at radius 1 is 1.21 bits per heavy atom. The zero-order chi connectivity index (χ0) is 16.9. The number of methoxy groups -OCH3 is 1. The van der Waals surface area contributed by atoms with Crippen molar-refractivity contribution in [3.63, 3.8) is 0 Å². The Bertz CT molecular complexity index is 686. The summed E-state index contributed by atoms with van der Waals surface area (Å²) in [6.07, 6.45) is 0.987. The molecular formula is C19H21ClN2O2. The molecule has 2 amide bonds. The number of nitrogens with zero attached hydrogens (tertiary/aromatic N) is 1. The molecule has 24 heavy (non-hydrogen) atoms. The standard InChI is InChI=1S/C19H21ClN2O2/c1-24-18-8-4-15(5-9-18)16-10-11-22(13-16)19(23)21-12-14-2-6-17(20)7-3-14/h2-9,16H,10-13H2,1H3,(H,21,23)/t16-/m1/s1. The second kappa shape index (κ2) is 7.58. The summed E-state index contributed by atoms with van der Waals surface area (Å²) in [7, 11) is 1.66. The summed E-state index contributed by atoms with van der Waals surface area (Å²) in [6, 6.07) is 15.6. The topological polar surface area (TPSA) is 41.6 Å². The average Bonchev–Trinajstić information content (AvgIpc) is 3.11. The molecule has 1 aliphatic rings. The largest absolute Gasteiger partial charge is 0.497 e. The fraction of sp³-hybridized carbons (Fsp3) is 0.316. The van der Waals surface area contributed by atoms with Gasteiger partial charge in [0.05, 0.1) is 7.11 Å². The number of carbonyl (C=O) groups excluding carboxylic acids is 1. The van der Waals surface area contributed by atoms with Gasteiger partial charge in [-0.1, -0.05) is 35.9 Å². The van der Waals surface area contributed by atoms with Crippen molar-refractivity contribution in [3.05, 3.63) is 64.7 Å². The molecule has 1 heterocycles. The highest BCUT2D eigenvalue weighted by atomic mass is 35.5. The second-order valence-corrected chi connectivity index (χ2v) is 6.43. The summed E-state index contributed by atoms with van der Waals surface area (Å²) in [5.41, 5.74) is 2.29. The van der Waals surface area contributed by atoms with Crippen molar-refractivity contribution in [1.29, 1.82) is 0 Å². The van der Waals surface area contributed by atoms with E-state index in [0.29, 0.717) is 17.5 Å². The average molecular weight is 345 g/mol. The molecule has 1 fully saturated rings. The molecule has 0 bridgehead atoms. The van der Waals surface area contributed by atoms with E-state index in [9.17, 15) is 4.79 Å². The number of likely N-dealkylation sites (tertiary alicyclic amines) is 1. The quantitative estimate of drug-likeness (QED) is 0.909. The third kappa shape index (κ3) is 4.01. The Morgan fingerprint density at radius 2 is 1.92 bits per heavy atom. The van der Waals surface area contributed by atoms with E-state index in [1.807, 2.05) is 41.3 Å². The molecule has 1 aliphatic heterocycles. The molecule has 126 valence electrons. The molecule has 0 aromatic heterocycles. The van der Waals surface area contributed by atoms with Crippen LogP contribution in [0.5, 0.6) is 5.75 Å². The van der Waals surface area contributed by atoms with Crippen molar-refractivity contribution in [2.45, 2.75) is 18.9 Å². The van der Waals surface area contributed by atoms with Crippen LogP contribution in [0.2, 0.25) is 5.02 Å². The van der Waals surface area contributed by atoms with E-state index >= 15 is 0 Å². The Balaban J connectivity index is 1.52. The summed E-state index contributed by atoms with van der Waals surface area (Å²) in [4.78, 5) is 14.2. The Hall–Kier alpha value is -2.20. The fourth-order valence-electron chi connectivity index (χ4n) is 2.98. The minimum Gasteiger partial charge on any atom is -0.497 e. The van der Waals surface area contributed by atoms with Gasteiger partial charge in [0.15, 0.2) is 0 Å². The molecule has 0 radical (unpaired) electrons. The van der Waals surface area contributed by atoms with Crippen LogP contribution in [-0.4, -0.2) is 31.1 Å². The highest BCUT2D eigenvalue weighted by Gasteiger charge is 2.27. The Kier molecular flexibility index (Phi) is 5.26. The van der Waals surface area contributed by atoms with E-state index in [0.717, 1.165) is 30.8 Å². The first-order valence-electron chi connectivity index (χ1n) is 8.07. The smallest absolute Gasteiger partial charge is 0.317 e. The van der Waals surface area contributed by atoms with Gasteiger partial charge in [0.2, 0.25) is 0 Å². The Morgan fingerprint density at radius 3 is 2.58 bits per heavy atom. The van der Waals surface area contributed by atoms with Gasteiger partial charge < -0.3 is 15.0 Å². The lowest BCUT2D eigenvalue weighted by Crippen LogP contribution is -2.37. The lowest BCUT2D eigenvalue weighted by atomic mass is 9.98. The summed E-state index contributed by atoms with van der Waals surface area (Å²) in [5.74, 6) is 1.24. The van der Waals surface area contributed by atoms with E-state index in [1.54, 1.807) is 7.11 Å². The zero-order valence-corrected chi connectivity index (χ0v) is 14.4. The third-order valence-corrected chi connectivity index (χ3v) is 4.67. The zero-order valence-electron chi connectivity index (χ0n) is 13.7. The van der Waals surface area contributed by atoms with E-state index in [-0.39, 0.29) is 6.03 Å². The molecule has 0 unspecified atom stereocenters. The van der Waals surface area contributed by atoms with Crippen molar-refractivity contribution < 1.29 is 9.53 Å². The number of carbonyl (C=O) groups is 1. The molecule has 0 aliphatic carbocycles. The van der Waals surface area contributed by atoms with Crippen molar-refractivity contribution in [2.24, 2.45) is 0 Å². The predicted molar refractivity (Wildman–Crippen MR) is 95.6 cm³/mol. The summed E-state index contributed by atoms with van der Waals surface area (Å²) in [6.45, 7) is 2.04. The van der Waals surface area contributed by atoms with Gasteiger partial charge in [-0.3, -0.25) is 0 Å². The van der Waals surface area contributed by atoms with Gasteiger partial charge in [-0.25, -0.2) is 4.79 Å². The lowest BCUT2D eigenvalue weighted by Gasteiger charge is -2.18. The van der Waals surface area contributed by atoms with Gasteiger partial charge in [0, 0.05) is 30.6 Å². The molecule has 0 spiro atoms. The number of benzene rings is 2. The maximum absolute atomic E-state index is 12.3. The van der Waals surface area contributed by atoms with Gasteiger partial charge in [-0.05, 0) is 41.8 Å². The van der Waals surface area contributed by atoms with Crippen LogP contribution in [-0.2, 0) is 6.54 Å². The molecule has 1 atom stereocenters. The number of nitrogens with one attached hydrogen (secondary N) is 1. The third-order valence-electron chi connectivity index (χ3n) is 4.42. The number of halogens is 1. The molecule has 1 N–H and O–H groups in total. The normalized spacial score (nSPS) is 16.9. The number of hydrogen-bond donors (Lipinski definition) is 1. The van der Waals surface area contributed by atoms with E-state index in [2.05, 4.69) is 17.4 Å². The maximum atomic E-state index is 12.3. The molecule has 4 nitrogen and oxygen atoms in total. The van der Waals surface area contributed by atoms with Gasteiger partial charge in [-0.2, -0.15) is 0 Å². The molecule has 5 heteroatoms. The number of rotatable bonds is 4. The van der Waals surface area contributed by atoms with Crippen molar-refractivity contribution in [3.8, 4) is 5.75 Å². The first kappa shape index (κ1) is 16.7. The van der Waals surface area contributed by atoms with Crippen molar-refractivity contribution in [2.75, 3.05) is 20.2 Å². The first-order chi connectivity index (χ1) is 11.7. The van der Waals surface area contributed by atoms with Crippen LogP contribution in [0, 0.1) is 0 Å². The van der Waals surface area contributed by atoms with Crippen LogP contribution in [0.4, 0.5) is 4.79 Å². The summed E-state index contributed by atoms with van der Waals surface area (Å²) >= 11 is 5.87. The van der Waals surface area contributed by atoms with Gasteiger partial charge in [0.1, 0.15) is 5.75 Å². The number of ether oxygens (including phenoxy) is 1. The van der Waals surface area contributed by atoms with Gasteiger partial charge in [0.25, 0.3) is 0 Å². The van der Waals surface area contributed by atoms with Crippen LogP contribution in [0.3, 0.4) is 0 Å². The Labute approximate surface area is 147 Å². The molecule has 3 rings (SSSR count). The van der Waals surface area contributed by atoms with Crippen LogP contribution in [0.15, 0.2) is 48.5 Å². The predicted octanol–water partition coefficient (Wildman–Crippen LogP) is 4.05. The number of urea groups is 1. The van der Waals surface area contributed by atoms with E-state index < -0.39 is 0 Å². The lowest BCUT2D eigenvalue weighted by molar-refractivity contribution is 0.208. The molecule has 1 saturated heterocycles. The monoisotopic (exact) mass is 344 g/mol. The van der Waals surface area contributed by atoms with Crippen molar-refractivity contribution >= 4 is 17.6 Å². The molecular weight excluding hydrogens is 324 g/mol. The minimum atomic E-state index is -0.0130. The SMILES string of the molecule is COc1ccc([C@@H]2CCN(C(=O)NCc3ccc(Cl)cc3)C2)cc1.